The summed E-state index contributed by atoms with van der Waals surface area (Å²) in [6, 6.07) is 0. The summed E-state index contributed by atoms with van der Waals surface area (Å²) in [5.74, 6) is 2.10. The number of rotatable bonds is 12. The fraction of sp³-hybridized carbons (Fsp3) is 1.00. The summed E-state index contributed by atoms with van der Waals surface area (Å²) >= 11 is -1.75. The van der Waals surface area contributed by atoms with Gasteiger partial charge in [0.1, 0.15) is 0 Å². The van der Waals surface area contributed by atoms with Gasteiger partial charge < -0.3 is 0 Å². The van der Waals surface area contributed by atoms with Crippen LogP contribution < -0.4 is 0 Å². The van der Waals surface area contributed by atoms with Crippen molar-refractivity contribution < 1.29 is 0 Å². The molecule has 1 heteroatoms. The van der Waals surface area contributed by atoms with E-state index >= 15 is 0 Å². The van der Waals surface area contributed by atoms with Crippen LogP contribution >= 0.6 is 0 Å². The Kier molecular flexibility index (Phi) is 11.9. The number of hydrogen-bond donors (Lipinski definition) is 0. The maximum absolute atomic E-state index is 2.72. The van der Waals surface area contributed by atoms with E-state index in [-0.39, 0.29) is 0 Å². The molecule has 0 saturated heterocycles. The van der Waals surface area contributed by atoms with Crippen molar-refractivity contribution >= 4 is 18.4 Å². The minimum absolute atomic E-state index is 1.05. The van der Waals surface area contributed by atoms with E-state index in [1.807, 2.05) is 0 Å². The van der Waals surface area contributed by atoms with Gasteiger partial charge in [0.05, 0.1) is 0 Å². The van der Waals surface area contributed by atoms with Crippen LogP contribution in [0.4, 0.5) is 0 Å². The number of unbranched alkanes of at least 4 members (excludes halogenated alkanes) is 2. The zero-order valence-corrected chi connectivity index (χ0v) is 17.6. The average Bonchev–Trinajstić information content (AvgIpc) is 2.39. The van der Waals surface area contributed by atoms with Gasteiger partial charge in [-0.05, 0) is 0 Å². The third-order valence-corrected chi connectivity index (χ3v) is 14.4. The molecule has 0 aliphatic rings. The molecule has 0 nitrogen and oxygen atoms in total. The van der Waals surface area contributed by atoms with E-state index in [9.17, 15) is 0 Å². The predicted molar refractivity (Wildman–Crippen MR) is 93.7 cm³/mol. The van der Waals surface area contributed by atoms with Crippen LogP contribution in [0.5, 0.6) is 0 Å². The summed E-state index contributed by atoms with van der Waals surface area (Å²) in [7, 11) is 0. The molecule has 0 aliphatic carbocycles. The maximum atomic E-state index is 2.72. The van der Waals surface area contributed by atoms with Crippen LogP contribution in [0.3, 0.4) is 0 Å². The Balaban J connectivity index is 4.24. The zero-order chi connectivity index (χ0) is 14.7. The zero-order valence-electron chi connectivity index (χ0n) is 14.7. The molecule has 0 aromatic heterocycles. The van der Waals surface area contributed by atoms with Gasteiger partial charge in [0.2, 0.25) is 0 Å². The topological polar surface area (TPSA) is 0 Å². The van der Waals surface area contributed by atoms with Crippen molar-refractivity contribution in [3.63, 3.8) is 0 Å². The molecular formula is C18H40Sn. The second-order valence-electron chi connectivity index (χ2n) is 7.41. The first-order valence-electron chi connectivity index (χ1n) is 8.99. The van der Waals surface area contributed by atoms with Gasteiger partial charge in [0.15, 0.2) is 0 Å². The summed E-state index contributed by atoms with van der Waals surface area (Å²) in [5, 5.41) is 0. The van der Waals surface area contributed by atoms with Gasteiger partial charge in [0, 0.05) is 0 Å². The van der Waals surface area contributed by atoms with E-state index < -0.39 is 18.4 Å². The monoisotopic (exact) mass is 376 g/mol. The van der Waals surface area contributed by atoms with Gasteiger partial charge in [-0.2, -0.15) is 0 Å². The second kappa shape index (κ2) is 11.5. The number of hydrogen-bond acceptors (Lipinski definition) is 0. The summed E-state index contributed by atoms with van der Waals surface area (Å²) in [4.78, 5) is 5.44. The van der Waals surface area contributed by atoms with Gasteiger partial charge in [-0.15, -0.1) is 0 Å². The molecule has 0 rings (SSSR count). The van der Waals surface area contributed by atoms with Crippen molar-refractivity contribution in [3.05, 3.63) is 0 Å². The Morgan fingerprint density at radius 3 is 1.32 bits per heavy atom. The summed E-state index contributed by atoms with van der Waals surface area (Å²) in [5.41, 5.74) is 0. The third kappa shape index (κ3) is 10.2. The molecule has 0 aromatic carbocycles. The first kappa shape index (κ1) is 19.8. The molecule has 0 radical (unpaired) electrons. The predicted octanol–water partition coefficient (Wildman–Crippen LogP) is 7.13. The van der Waals surface area contributed by atoms with Crippen LogP contribution in [-0.4, -0.2) is 18.4 Å². The van der Waals surface area contributed by atoms with Crippen molar-refractivity contribution in [2.24, 2.45) is 11.8 Å². The van der Waals surface area contributed by atoms with Crippen LogP contribution in [-0.2, 0) is 0 Å². The Labute approximate surface area is 128 Å². The van der Waals surface area contributed by atoms with E-state index in [0.717, 1.165) is 11.8 Å². The molecule has 0 aromatic rings. The summed E-state index contributed by atoms with van der Waals surface area (Å²) in [6.07, 6.45) is 11.5. The molecule has 0 bridgehead atoms. The van der Waals surface area contributed by atoms with Crippen LogP contribution in [0.25, 0.3) is 0 Å². The van der Waals surface area contributed by atoms with Gasteiger partial charge in [-0.1, -0.05) is 0 Å². The molecule has 2 atom stereocenters. The van der Waals surface area contributed by atoms with Crippen molar-refractivity contribution in [1.82, 2.24) is 0 Å². The Morgan fingerprint density at radius 2 is 1.05 bits per heavy atom. The second-order valence-corrected chi connectivity index (χ2v) is 22.1. The van der Waals surface area contributed by atoms with Gasteiger partial charge >= 0.3 is 128 Å². The summed E-state index contributed by atoms with van der Waals surface area (Å²) in [6.45, 7) is 9.49. The van der Waals surface area contributed by atoms with E-state index in [0.29, 0.717) is 0 Å². The van der Waals surface area contributed by atoms with Crippen LogP contribution in [0.15, 0.2) is 0 Å². The third-order valence-electron chi connectivity index (χ3n) is 4.77. The fourth-order valence-corrected chi connectivity index (χ4v) is 15.7. The standard InChI is InChI=1S/2C8H17.2CH3.Sn/c2*1-4-6-7-8(3)5-2;;;/h2*8H,3-7H2,1-2H3;2*1H3;. The average molecular weight is 375 g/mol. The molecule has 0 saturated carbocycles. The first-order valence-corrected chi connectivity index (χ1v) is 18.7. The Morgan fingerprint density at radius 1 is 0.684 bits per heavy atom. The Hall–Kier alpha value is 0.799. The SMILES string of the molecule is CCCCC(CC)[CH2][Sn]([CH3])([CH3])[CH2]C(CC)CCCC. The summed E-state index contributed by atoms with van der Waals surface area (Å²) < 4.78 is 3.29. The van der Waals surface area contributed by atoms with E-state index in [2.05, 4.69) is 37.6 Å². The fourth-order valence-electron chi connectivity index (χ4n) is 3.53. The van der Waals surface area contributed by atoms with Gasteiger partial charge in [-0.3, -0.25) is 0 Å². The van der Waals surface area contributed by atoms with Crippen molar-refractivity contribution in [2.45, 2.75) is 97.8 Å². The quantitative estimate of drug-likeness (QED) is 0.318. The van der Waals surface area contributed by atoms with Crippen molar-refractivity contribution in [3.8, 4) is 0 Å². The minimum atomic E-state index is -1.75. The van der Waals surface area contributed by atoms with Crippen LogP contribution in [0.1, 0.15) is 79.1 Å². The van der Waals surface area contributed by atoms with E-state index in [1.165, 1.54) is 51.4 Å². The molecule has 2 unspecified atom stereocenters. The molecule has 0 spiro atoms. The molecule has 116 valence electrons. The molecule has 0 fully saturated rings. The molecule has 0 heterocycles. The van der Waals surface area contributed by atoms with Crippen molar-refractivity contribution in [1.29, 1.82) is 0 Å². The molecule has 0 N–H and O–H groups in total. The normalized spacial score (nSPS) is 15.5. The molecule has 0 aliphatic heterocycles. The van der Waals surface area contributed by atoms with Crippen molar-refractivity contribution in [2.75, 3.05) is 0 Å². The van der Waals surface area contributed by atoms with Crippen LogP contribution in [0.2, 0.25) is 18.8 Å². The van der Waals surface area contributed by atoms with Gasteiger partial charge in [-0.25, -0.2) is 0 Å². The van der Waals surface area contributed by atoms with E-state index in [4.69, 9.17) is 0 Å². The molecule has 19 heavy (non-hydrogen) atoms. The Bertz CT molecular complexity index is 178. The first-order chi connectivity index (χ1) is 8.99. The molecule has 0 amide bonds. The van der Waals surface area contributed by atoms with Gasteiger partial charge in [0.25, 0.3) is 0 Å². The van der Waals surface area contributed by atoms with E-state index in [1.54, 1.807) is 8.87 Å². The van der Waals surface area contributed by atoms with Crippen LogP contribution in [0, 0.1) is 11.8 Å². The molecular weight excluding hydrogens is 335 g/mol.